The maximum atomic E-state index is 13.4. The molecule has 168 valence electrons. The van der Waals surface area contributed by atoms with Gasteiger partial charge in [-0.2, -0.15) is 18.2 Å². The molecule has 2 aromatic rings. The molecule has 0 radical (unpaired) electrons. The standard InChI is InChI=1S/C20H22Br2F3N5O/c1-11-10-27-19(29-17(11)26-2)28-14-3-5-15(6-4-14)30(18(31)20(23,24)25)16-8-12(21)7-13(22)9-16/h7-10,14-15H,3-6H2,1-2H3,(H2,26,27,28,29). The third-order valence-corrected chi connectivity index (χ3v) is 6.11. The fraction of sp³-hybridized carbons (Fsp3) is 0.450. The van der Waals surface area contributed by atoms with Gasteiger partial charge in [0, 0.05) is 45.5 Å². The first-order chi connectivity index (χ1) is 14.6. The lowest BCUT2D eigenvalue weighted by atomic mass is 9.89. The Morgan fingerprint density at radius 3 is 2.29 bits per heavy atom. The van der Waals surface area contributed by atoms with E-state index in [1.807, 2.05) is 6.92 Å². The van der Waals surface area contributed by atoms with E-state index in [9.17, 15) is 18.0 Å². The molecule has 0 aliphatic heterocycles. The van der Waals surface area contributed by atoms with Crippen molar-refractivity contribution in [2.45, 2.75) is 50.9 Å². The van der Waals surface area contributed by atoms with Crippen LogP contribution in [0.25, 0.3) is 0 Å². The summed E-state index contributed by atoms with van der Waals surface area (Å²) in [7, 11) is 1.77. The first-order valence-corrected chi connectivity index (χ1v) is 11.3. The van der Waals surface area contributed by atoms with Gasteiger partial charge in [-0.1, -0.05) is 31.9 Å². The zero-order chi connectivity index (χ0) is 22.8. The van der Waals surface area contributed by atoms with E-state index in [2.05, 4.69) is 52.5 Å². The molecule has 1 aliphatic carbocycles. The topological polar surface area (TPSA) is 70.2 Å². The molecule has 1 aromatic heterocycles. The van der Waals surface area contributed by atoms with Crippen LogP contribution in [0.2, 0.25) is 0 Å². The number of carbonyl (C=O) groups is 1. The summed E-state index contributed by atoms with van der Waals surface area (Å²) in [5.74, 6) is -0.666. The molecule has 31 heavy (non-hydrogen) atoms. The van der Waals surface area contributed by atoms with Crippen molar-refractivity contribution in [3.8, 4) is 0 Å². The predicted molar refractivity (Wildman–Crippen MR) is 121 cm³/mol. The summed E-state index contributed by atoms with van der Waals surface area (Å²) in [6.45, 7) is 1.90. The number of rotatable bonds is 5. The van der Waals surface area contributed by atoms with Gasteiger partial charge in [0.05, 0.1) is 0 Å². The van der Waals surface area contributed by atoms with Crippen LogP contribution >= 0.6 is 31.9 Å². The summed E-state index contributed by atoms with van der Waals surface area (Å²) in [5.41, 5.74) is 1.12. The number of carbonyl (C=O) groups excluding carboxylic acids is 1. The number of benzene rings is 1. The van der Waals surface area contributed by atoms with E-state index in [0.29, 0.717) is 46.4 Å². The van der Waals surface area contributed by atoms with Gasteiger partial charge in [-0.05, 0) is 50.8 Å². The van der Waals surface area contributed by atoms with Gasteiger partial charge >= 0.3 is 12.1 Å². The predicted octanol–water partition coefficient (Wildman–Crippen LogP) is 5.67. The highest BCUT2D eigenvalue weighted by atomic mass is 79.9. The summed E-state index contributed by atoms with van der Waals surface area (Å²) < 4.78 is 41.3. The van der Waals surface area contributed by atoms with Crippen molar-refractivity contribution < 1.29 is 18.0 Å². The molecule has 1 heterocycles. The average Bonchev–Trinajstić information content (AvgIpc) is 2.69. The fourth-order valence-electron chi connectivity index (χ4n) is 3.73. The van der Waals surface area contributed by atoms with Crippen LogP contribution in [0, 0.1) is 6.92 Å². The van der Waals surface area contributed by atoms with Crippen LogP contribution in [0.15, 0.2) is 33.3 Å². The largest absolute Gasteiger partial charge is 0.471 e. The van der Waals surface area contributed by atoms with E-state index in [1.54, 1.807) is 19.3 Å². The second-order valence-electron chi connectivity index (χ2n) is 7.43. The molecule has 0 saturated heterocycles. The number of halogens is 5. The first-order valence-electron chi connectivity index (χ1n) is 9.73. The highest BCUT2D eigenvalue weighted by molar-refractivity contribution is 9.11. The van der Waals surface area contributed by atoms with Crippen molar-refractivity contribution in [1.82, 2.24) is 9.97 Å². The van der Waals surface area contributed by atoms with Gasteiger partial charge in [-0.25, -0.2) is 4.98 Å². The number of alkyl halides is 3. The van der Waals surface area contributed by atoms with Gasteiger partial charge in [0.1, 0.15) is 5.82 Å². The van der Waals surface area contributed by atoms with Crippen molar-refractivity contribution >= 4 is 55.2 Å². The Balaban J connectivity index is 1.75. The summed E-state index contributed by atoms with van der Waals surface area (Å²) in [6, 6.07) is 4.22. The van der Waals surface area contributed by atoms with E-state index in [-0.39, 0.29) is 11.7 Å². The van der Waals surface area contributed by atoms with Crippen LogP contribution in [0.1, 0.15) is 31.2 Å². The number of anilines is 3. The van der Waals surface area contributed by atoms with Gasteiger partial charge in [0.15, 0.2) is 0 Å². The Morgan fingerprint density at radius 1 is 1.13 bits per heavy atom. The van der Waals surface area contributed by atoms with Crippen LogP contribution in [0.4, 0.5) is 30.6 Å². The Kier molecular flexibility index (Phi) is 7.46. The van der Waals surface area contributed by atoms with Gasteiger partial charge < -0.3 is 15.5 Å². The number of nitrogens with one attached hydrogen (secondary N) is 2. The van der Waals surface area contributed by atoms with E-state index in [1.165, 1.54) is 12.1 Å². The maximum Gasteiger partial charge on any atom is 0.471 e. The minimum Gasteiger partial charge on any atom is -0.373 e. The molecule has 1 fully saturated rings. The number of aromatic nitrogens is 2. The van der Waals surface area contributed by atoms with Crippen LogP contribution < -0.4 is 15.5 Å². The third kappa shape index (κ3) is 5.88. The molecular weight excluding hydrogens is 543 g/mol. The molecule has 1 aliphatic rings. The average molecular weight is 565 g/mol. The maximum absolute atomic E-state index is 13.4. The normalized spacial score (nSPS) is 19.1. The van der Waals surface area contributed by atoms with Crippen LogP contribution in [0.3, 0.4) is 0 Å². The number of nitrogens with zero attached hydrogens (tertiary/aromatic N) is 3. The molecule has 1 amide bonds. The minimum absolute atomic E-state index is 0.0146. The van der Waals surface area contributed by atoms with Gasteiger partial charge in [0.2, 0.25) is 5.95 Å². The minimum atomic E-state index is -4.96. The van der Waals surface area contributed by atoms with Gasteiger partial charge in [0.25, 0.3) is 0 Å². The zero-order valence-corrected chi connectivity index (χ0v) is 20.1. The van der Waals surface area contributed by atoms with Crippen LogP contribution in [-0.4, -0.2) is 41.2 Å². The lowest BCUT2D eigenvalue weighted by Crippen LogP contribution is -2.49. The summed E-state index contributed by atoms with van der Waals surface area (Å²) in [5, 5.41) is 6.26. The Morgan fingerprint density at radius 2 is 1.74 bits per heavy atom. The number of hydrogen-bond donors (Lipinski definition) is 2. The number of hydrogen-bond acceptors (Lipinski definition) is 5. The Bertz CT molecular complexity index is 929. The van der Waals surface area contributed by atoms with E-state index in [4.69, 9.17) is 0 Å². The number of amides is 1. The first kappa shape index (κ1) is 23.8. The van der Waals surface area contributed by atoms with Crippen molar-refractivity contribution in [2.75, 3.05) is 22.6 Å². The van der Waals surface area contributed by atoms with Gasteiger partial charge in [-0.3, -0.25) is 4.79 Å². The van der Waals surface area contributed by atoms with Crippen molar-refractivity contribution in [1.29, 1.82) is 0 Å². The molecule has 11 heteroatoms. The quantitative estimate of drug-likeness (QED) is 0.489. The van der Waals surface area contributed by atoms with E-state index in [0.717, 1.165) is 10.5 Å². The molecule has 0 spiro atoms. The summed E-state index contributed by atoms with van der Waals surface area (Å²) >= 11 is 6.58. The molecule has 6 nitrogen and oxygen atoms in total. The van der Waals surface area contributed by atoms with E-state index >= 15 is 0 Å². The highest BCUT2D eigenvalue weighted by Gasteiger charge is 2.46. The molecule has 2 N–H and O–H groups in total. The summed E-state index contributed by atoms with van der Waals surface area (Å²) in [4.78, 5) is 21.9. The lowest BCUT2D eigenvalue weighted by Gasteiger charge is -2.37. The lowest BCUT2D eigenvalue weighted by molar-refractivity contribution is -0.171. The molecule has 0 atom stereocenters. The van der Waals surface area contributed by atoms with E-state index < -0.39 is 18.1 Å². The molecule has 1 saturated carbocycles. The van der Waals surface area contributed by atoms with Crippen molar-refractivity contribution in [2.24, 2.45) is 0 Å². The third-order valence-electron chi connectivity index (χ3n) is 5.19. The molecule has 3 rings (SSSR count). The number of aryl methyl sites for hydroxylation is 1. The molecule has 0 unspecified atom stereocenters. The van der Waals surface area contributed by atoms with Crippen LogP contribution in [-0.2, 0) is 4.79 Å². The molecule has 0 bridgehead atoms. The summed E-state index contributed by atoms with van der Waals surface area (Å²) in [6.07, 6.45) is -1.21. The second kappa shape index (κ2) is 9.72. The Hall–Kier alpha value is -1.88. The fourth-order valence-corrected chi connectivity index (χ4v) is 5.00. The SMILES string of the molecule is CNc1nc(NC2CCC(N(C(=O)C(F)(F)F)c3cc(Br)cc(Br)c3)CC2)ncc1C. The van der Waals surface area contributed by atoms with Crippen LogP contribution in [0.5, 0.6) is 0 Å². The zero-order valence-electron chi connectivity index (χ0n) is 16.9. The van der Waals surface area contributed by atoms with Crippen molar-refractivity contribution in [3.63, 3.8) is 0 Å². The highest BCUT2D eigenvalue weighted by Crippen LogP contribution is 2.35. The van der Waals surface area contributed by atoms with Crippen molar-refractivity contribution in [3.05, 3.63) is 38.9 Å². The Labute approximate surface area is 195 Å². The molecule has 1 aromatic carbocycles. The molecular formula is C20H22Br2F3N5O. The monoisotopic (exact) mass is 563 g/mol. The van der Waals surface area contributed by atoms with Gasteiger partial charge in [-0.15, -0.1) is 0 Å². The second-order valence-corrected chi connectivity index (χ2v) is 9.26. The smallest absolute Gasteiger partial charge is 0.373 e.